The molecule has 0 saturated heterocycles. The molecule has 0 aromatic carbocycles. The first kappa shape index (κ1) is 48.7. The van der Waals surface area contributed by atoms with Crippen molar-refractivity contribution in [1.29, 1.82) is 0 Å². The molecule has 1 amide bonds. The van der Waals surface area contributed by atoms with Crippen molar-refractivity contribution in [2.75, 3.05) is 40.9 Å². The lowest BCUT2D eigenvalue weighted by Crippen LogP contribution is -2.45. The molecule has 0 aliphatic rings. The quantitative estimate of drug-likeness (QED) is 0.0257. The van der Waals surface area contributed by atoms with Crippen molar-refractivity contribution in [2.24, 2.45) is 0 Å². The first-order chi connectivity index (χ1) is 24.0. The summed E-state index contributed by atoms with van der Waals surface area (Å²) in [7, 11) is 1.54. The van der Waals surface area contributed by atoms with E-state index < -0.39 is 20.0 Å². The lowest BCUT2D eigenvalue weighted by atomic mass is 10.1. The van der Waals surface area contributed by atoms with Crippen molar-refractivity contribution < 1.29 is 32.9 Å². The Kier molecular flexibility index (Phi) is 32.7. The van der Waals surface area contributed by atoms with Gasteiger partial charge in [0.1, 0.15) is 13.2 Å². The van der Waals surface area contributed by atoms with Crippen LogP contribution in [0.3, 0.4) is 0 Å². The summed E-state index contributed by atoms with van der Waals surface area (Å²) in [5.41, 5.74) is 0. The van der Waals surface area contributed by atoms with Gasteiger partial charge < -0.3 is 19.8 Å². The zero-order valence-electron chi connectivity index (χ0n) is 33.1. The number of nitrogens with zero attached hydrogens (tertiary/aromatic N) is 1. The summed E-state index contributed by atoms with van der Waals surface area (Å²) >= 11 is 0. The van der Waals surface area contributed by atoms with Gasteiger partial charge in [0.05, 0.1) is 39.9 Å². The van der Waals surface area contributed by atoms with E-state index in [0.717, 1.165) is 51.4 Å². The van der Waals surface area contributed by atoms with Gasteiger partial charge in [-0.25, -0.2) is 4.57 Å². The number of likely N-dealkylation sites (N-methyl/N-ethyl adjacent to an activating group) is 1. The molecule has 0 spiro atoms. The fourth-order valence-electron chi connectivity index (χ4n) is 5.51. The molecule has 3 unspecified atom stereocenters. The molecule has 0 saturated carbocycles. The standard InChI is InChI=1S/C41H79N2O6P/c1-6-8-10-12-14-16-18-19-20-21-22-23-25-26-28-30-32-34-40(44)39(38-49-50(46,47)48-37-36-43(3,4)5)42-41(45)35-33-31-29-27-24-17-15-13-11-9-7-2/h13,15,25-26,32,34,39-40,44H,6-12,14,16-24,27-31,33,35-38H2,1-5H3,(H-,42,45,46,47)/p+1/b15-13-,26-25+,34-32+. The summed E-state index contributed by atoms with van der Waals surface area (Å²) < 4.78 is 23.4. The molecule has 8 nitrogen and oxygen atoms in total. The van der Waals surface area contributed by atoms with Gasteiger partial charge in [-0.15, -0.1) is 0 Å². The molecule has 0 bridgehead atoms. The highest BCUT2D eigenvalue weighted by Crippen LogP contribution is 2.43. The molecular formula is C41H80N2O6P+. The summed E-state index contributed by atoms with van der Waals surface area (Å²) in [5.74, 6) is -0.200. The lowest BCUT2D eigenvalue weighted by molar-refractivity contribution is -0.870. The van der Waals surface area contributed by atoms with Gasteiger partial charge in [0, 0.05) is 6.42 Å². The first-order valence-electron chi connectivity index (χ1n) is 20.4. The largest absolute Gasteiger partial charge is 0.472 e. The number of rotatable bonds is 36. The molecule has 50 heavy (non-hydrogen) atoms. The Hall–Kier alpha value is -1.28. The third-order valence-electron chi connectivity index (χ3n) is 8.83. The summed E-state index contributed by atoms with van der Waals surface area (Å²) in [6.45, 7) is 4.73. The molecule has 0 heterocycles. The number of aliphatic hydroxyl groups excluding tert-OH is 1. The van der Waals surface area contributed by atoms with Crippen LogP contribution in [0.1, 0.15) is 168 Å². The maximum Gasteiger partial charge on any atom is 0.472 e. The number of hydrogen-bond donors (Lipinski definition) is 3. The highest BCUT2D eigenvalue weighted by atomic mass is 31.2. The molecular weight excluding hydrogens is 647 g/mol. The van der Waals surface area contributed by atoms with Crippen LogP contribution in [0, 0.1) is 0 Å². The molecule has 0 radical (unpaired) electrons. The van der Waals surface area contributed by atoms with E-state index in [9.17, 15) is 19.4 Å². The molecule has 3 atom stereocenters. The normalized spacial score (nSPS) is 14.9. The number of quaternary nitrogens is 1. The number of nitrogens with one attached hydrogen (secondary N) is 1. The van der Waals surface area contributed by atoms with E-state index in [1.807, 2.05) is 27.2 Å². The summed E-state index contributed by atoms with van der Waals surface area (Å²) in [5, 5.41) is 13.7. The SMILES string of the molecule is CCCC/C=C\CCCCCCCC(=O)NC(COP(=O)(O)OCC[N+](C)(C)C)C(O)/C=C/CC/C=C/CCCCCCCCCCCCC. The third-order valence-corrected chi connectivity index (χ3v) is 9.82. The minimum atomic E-state index is -4.34. The molecule has 0 aliphatic carbocycles. The van der Waals surface area contributed by atoms with Gasteiger partial charge in [-0.2, -0.15) is 0 Å². The highest BCUT2D eigenvalue weighted by Gasteiger charge is 2.27. The second kappa shape index (κ2) is 33.5. The van der Waals surface area contributed by atoms with Crippen molar-refractivity contribution in [3.63, 3.8) is 0 Å². The predicted molar refractivity (Wildman–Crippen MR) is 212 cm³/mol. The Bertz CT molecular complexity index is 917. The number of carbonyl (C=O) groups is 1. The number of allylic oxidation sites excluding steroid dienone is 5. The summed E-state index contributed by atoms with van der Waals surface area (Å²) in [6, 6.07) is -0.864. The zero-order chi connectivity index (χ0) is 37.2. The number of carbonyl (C=O) groups excluding carboxylic acids is 1. The van der Waals surface area contributed by atoms with Gasteiger partial charge in [-0.3, -0.25) is 13.8 Å². The van der Waals surface area contributed by atoms with Gasteiger partial charge in [0.2, 0.25) is 5.91 Å². The fraction of sp³-hybridized carbons (Fsp3) is 0.829. The zero-order valence-corrected chi connectivity index (χ0v) is 34.0. The molecule has 0 aromatic rings. The summed E-state index contributed by atoms with van der Waals surface area (Å²) in [4.78, 5) is 23.0. The van der Waals surface area contributed by atoms with Crippen LogP contribution in [0.15, 0.2) is 36.5 Å². The van der Waals surface area contributed by atoms with Crippen molar-refractivity contribution in [1.82, 2.24) is 5.32 Å². The van der Waals surface area contributed by atoms with Crippen molar-refractivity contribution in [2.45, 2.75) is 180 Å². The molecule has 9 heteroatoms. The second-order valence-electron chi connectivity index (χ2n) is 15.0. The van der Waals surface area contributed by atoms with Gasteiger partial charge in [-0.1, -0.05) is 147 Å². The Balaban J connectivity index is 4.54. The van der Waals surface area contributed by atoms with Crippen LogP contribution in [0.2, 0.25) is 0 Å². The first-order valence-corrected chi connectivity index (χ1v) is 21.9. The topological polar surface area (TPSA) is 105 Å². The monoisotopic (exact) mass is 728 g/mol. The highest BCUT2D eigenvalue weighted by molar-refractivity contribution is 7.47. The van der Waals surface area contributed by atoms with Gasteiger partial charge in [0.15, 0.2) is 0 Å². The predicted octanol–water partition coefficient (Wildman–Crippen LogP) is 10.7. The molecule has 0 aliphatic heterocycles. The van der Waals surface area contributed by atoms with Crippen LogP contribution in [-0.4, -0.2) is 73.4 Å². The van der Waals surface area contributed by atoms with Crippen molar-refractivity contribution in [3.05, 3.63) is 36.5 Å². The number of phosphoric acid groups is 1. The molecule has 3 N–H and O–H groups in total. The number of aliphatic hydroxyl groups is 1. The van der Waals surface area contributed by atoms with Crippen LogP contribution in [0.4, 0.5) is 0 Å². The van der Waals surface area contributed by atoms with E-state index in [-0.39, 0.29) is 19.1 Å². The maximum atomic E-state index is 12.8. The van der Waals surface area contributed by atoms with E-state index >= 15 is 0 Å². The minimum Gasteiger partial charge on any atom is -0.387 e. The molecule has 0 aromatic heterocycles. The Morgan fingerprint density at radius 1 is 0.660 bits per heavy atom. The van der Waals surface area contributed by atoms with E-state index in [1.165, 1.54) is 96.3 Å². The third kappa shape index (κ3) is 35.1. The average Bonchev–Trinajstić information content (AvgIpc) is 3.06. The van der Waals surface area contributed by atoms with Crippen LogP contribution in [0.25, 0.3) is 0 Å². The van der Waals surface area contributed by atoms with E-state index in [4.69, 9.17) is 9.05 Å². The number of hydrogen-bond acceptors (Lipinski definition) is 5. The van der Waals surface area contributed by atoms with E-state index in [1.54, 1.807) is 6.08 Å². The molecule has 294 valence electrons. The minimum absolute atomic E-state index is 0.0542. The summed E-state index contributed by atoms with van der Waals surface area (Å²) in [6.07, 6.45) is 39.3. The number of phosphoric ester groups is 1. The van der Waals surface area contributed by atoms with Crippen LogP contribution in [-0.2, 0) is 18.4 Å². The van der Waals surface area contributed by atoms with Crippen molar-refractivity contribution >= 4 is 13.7 Å². The van der Waals surface area contributed by atoms with Crippen LogP contribution < -0.4 is 5.32 Å². The van der Waals surface area contributed by atoms with E-state index in [2.05, 4.69) is 43.5 Å². The van der Waals surface area contributed by atoms with Gasteiger partial charge in [0.25, 0.3) is 0 Å². The molecule has 0 rings (SSSR count). The average molecular weight is 728 g/mol. The Morgan fingerprint density at radius 3 is 1.66 bits per heavy atom. The van der Waals surface area contributed by atoms with Crippen LogP contribution >= 0.6 is 7.82 Å². The number of unbranched alkanes of at least 4 members (excludes halogenated alkanes) is 19. The lowest BCUT2D eigenvalue weighted by Gasteiger charge is -2.25. The smallest absolute Gasteiger partial charge is 0.387 e. The Labute approximate surface area is 308 Å². The fourth-order valence-corrected chi connectivity index (χ4v) is 6.24. The van der Waals surface area contributed by atoms with Gasteiger partial charge in [-0.05, 0) is 51.4 Å². The van der Waals surface area contributed by atoms with E-state index in [0.29, 0.717) is 17.4 Å². The van der Waals surface area contributed by atoms with Crippen LogP contribution in [0.5, 0.6) is 0 Å². The van der Waals surface area contributed by atoms with Gasteiger partial charge >= 0.3 is 7.82 Å². The molecule has 0 fully saturated rings. The second-order valence-corrected chi connectivity index (χ2v) is 16.5. The number of amides is 1. The van der Waals surface area contributed by atoms with Crippen molar-refractivity contribution in [3.8, 4) is 0 Å². The Morgan fingerprint density at radius 2 is 1.12 bits per heavy atom. The maximum absolute atomic E-state index is 12.8.